The third-order valence-corrected chi connectivity index (χ3v) is 4.38. The van der Waals surface area contributed by atoms with Gasteiger partial charge >= 0.3 is 0 Å². The van der Waals surface area contributed by atoms with Gasteiger partial charge in [-0.1, -0.05) is 0 Å². The number of pyridine rings is 1. The molecule has 0 radical (unpaired) electrons. The lowest BCUT2D eigenvalue weighted by atomic mass is 10.2. The Hall–Kier alpha value is -1.50. The summed E-state index contributed by atoms with van der Waals surface area (Å²) in [5.41, 5.74) is 2.03. The molecule has 1 fully saturated rings. The molecule has 0 spiro atoms. The fourth-order valence-electron chi connectivity index (χ4n) is 2.35. The van der Waals surface area contributed by atoms with Crippen LogP contribution in [0, 0.1) is 0 Å². The van der Waals surface area contributed by atoms with Crippen LogP contribution in [-0.2, 0) is 9.47 Å². The van der Waals surface area contributed by atoms with Crippen molar-refractivity contribution in [2.75, 3.05) is 31.2 Å². The number of thiazole rings is 1. The van der Waals surface area contributed by atoms with Gasteiger partial charge in [-0.2, -0.15) is 0 Å². The predicted molar refractivity (Wildman–Crippen MR) is 88.4 cm³/mol. The molecule has 0 bridgehead atoms. The molecule has 22 heavy (non-hydrogen) atoms. The van der Waals surface area contributed by atoms with Gasteiger partial charge in [0.05, 0.1) is 31.1 Å². The first-order valence-corrected chi connectivity index (χ1v) is 8.44. The van der Waals surface area contributed by atoms with Crippen molar-refractivity contribution in [1.82, 2.24) is 9.97 Å². The molecule has 0 aromatic carbocycles. The molecule has 1 saturated heterocycles. The number of morpholine rings is 1. The fourth-order valence-corrected chi connectivity index (χ4v) is 3.22. The second kappa shape index (κ2) is 7.17. The lowest BCUT2D eigenvalue weighted by Crippen LogP contribution is -2.44. The van der Waals surface area contributed by atoms with Crippen molar-refractivity contribution < 1.29 is 9.47 Å². The minimum absolute atomic E-state index is 0.113. The minimum Gasteiger partial charge on any atom is -0.376 e. The van der Waals surface area contributed by atoms with E-state index in [0.717, 1.165) is 29.5 Å². The van der Waals surface area contributed by atoms with Crippen LogP contribution in [0.2, 0.25) is 0 Å². The first kappa shape index (κ1) is 15.4. The topological polar surface area (TPSA) is 47.5 Å². The molecule has 118 valence electrons. The Morgan fingerprint density at radius 3 is 3.18 bits per heavy atom. The summed E-state index contributed by atoms with van der Waals surface area (Å²) >= 11 is 1.67. The molecule has 5 nitrogen and oxygen atoms in total. The van der Waals surface area contributed by atoms with E-state index < -0.39 is 0 Å². The van der Waals surface area contributed by atoms with Crippen molar-refractivity contribution in [2.45, 2.75) is 26.1 Å². The van der Waals surface area contributed by atoms with Gasteiger partial charge in [-0.3, -0.25) is 4.98 Å². The second-order valence-electron chi connectivity index (χ2n) is 5.58. The molecule has 6 heteroatoms. The van der Waals surface area contributed by atoms with Crippen LogP contribution in [0.4, 0.5) is 5.13 Å². The predicted octanol–water partition coefficient (Wildman–Crippen LogP) is 2.84. The van der Waals surface area contributed by atoms with Crippen LogP contribution in [0.3, 0.4) is 0 Å². The lowest BCUT2D eigenvalue weighted by molar-refractivity contribution is -0.0405. The van der Waals surface area contributed by atoms with Gasteiger partial charge in [-0.25, -0.2) is 4.98 Å². The van der Waals surface area contributed by atoms with Gasteiger partial charge in [-0.05, 0) is 26.0 Å². The molecular weight excluding hydrogens is 298 g/mol. The van der Waals surface area contributed by atoms with E-state index in [9.17, 15) is 0 Å². The zero-order valence-electron chi connectivity index (χ0n) is 12.9. The number of hydrogen-bond acceptors (Lipinski definition) is 6. The third kappa shape index (κ3) is 3.82. The Morgan fingerprint density at radius 2 is 2.41 bits per heavy atom. The van der Waals surface area contributed by atoms with Gasteiger partial charge in [0.2, 0.25) is 0 Å². The number of rotatable bonds is 5. The van der Waals surface area contributed by atoms with E-state index in [-0.39, 0.29) is 12.2 Å². The van der Waals surface area contributed by atoms with Crippen molar-refractivity contribution in [3.05, 3.63) is 29.9 Å². The van der Waals surface area contributed by atoms with Crippen molar-refractivity contribution >= 4 is 16.5 Å². The highest BCUT2D eigenvalue weighted by atomic mass is 32.1. The lowest BCUT2D eigenvalue weighted by Gasteiger charge is -2.32. The highest BCUT2D eigenvalue weighted by molar-refractivity contribution is 7.14. The molecule has 0 aliphatic carbocycles. The first-order valence-electron chi connectivity index (χ1n) is 7.56. The van der Waals surface area contributed by atoms with E-state index in [2.05, 4.69) is 15.3 Å². The van der Waals surface area contributed by atoms with Crippen LogP contribution in [0.5, 0.6) is 0 Å². The second-order valence-corrected chi connectivity index (χ2v) is 6.41. The Morgan fingerprint density at radius 1 is 1.50 bits per heavy atom. The Labute approximate surface area is 134 Å². The molecule has 0 saturated carbocycles. The molecule has 3 rings (SSSR count). The van der Waals surface area contributed by atoms with Crippen molar-refractivity contribution in [2.24, 2.45) is 0 Å². The van der Waals surface area contributed by atoms with Gasteiger partial charge in [0.15, 0.2) is 5.13 Å². The standard InChI is InChI=1S/C16H21N3O2S/c1-12(2)21-10-14-9-19(6-7-20-14)16-18-15(11-22-16)13-4-3-5-17-8-13/h3-5,8,11-12,14H,6-7,9-10H2,1-2H3. The molecule has 2 aromatic heterocycles. The Bertz CT molecular complexity index is 588. The maximum Gasteiger partial charge on any atom is 0.186 e. The highest BCUT2D eigenvalue weighted by Gasteiger charge is 2.23. The molecule has 1 atom stereocenters. The number of nitrogens with zero attached hydrogens (tertiary/aromatic N) is 3. The zero-order valence-corrected chi connectivity index (χ0v) is 13.8. The molecule has 3 heterocycles. The van der Waals surface area contributed by atoms with Crippen LogP contribution in [-0.4, -0.2) is 48.5 Å². The molecule has 1 aliphatic heterocycles. The molecular formula is C16H21N3O2S. The van der Waals surface area contributed by atoms with Gasteiger partial charge in [0.25, 0.3) is 0 Å². The molecule has 1 unspecified atom stereocenters. The van der Waals surface area contributed by atoms with Crippen LogP contribution in [0.25, 0.3) is 11.3 Å². The van der Waals surface area contributed by atoms with Crippen molar-refractivity contribution in [3.63, 3.8) is 0 Å². The minimum atomic E-state index is 0.113. The Balaban J connectivity index is 1.65. The average Bonchev–Trinajstić information content (AvgIpc) is 3.04. The van der Waals surface area contributed by atoms with E-state index >= 15 is 0 Å². The SMILES string of the molecule is CC(C)OCC1CN(c2nc(-c3cccnc3)cs2)CCO1. The smallest absolute Gasteiger partial charge is 0.186 e. The molecule has 0 amide bonds. The maximum atomic E-state index is 5.77. The average molecular weight is 319 g/mol. The Kier molecular flexibility index (Phi) is 5.02. The van der Waals surface area contributed by atoms with E-state index in [1.165, 1.54) is 0 Å². The van der Waals surface area contributed by atoms with Crippen molar-refractivity contribution in [1.29, 1.82) is 0 Å². The summed E-state index contributed by atoms with van der Waals surface area (Å²) in [6, 6.07) is 3.97. The van der Waals surface area contributed by atoms with Gasteiger partial charge in [0.1, 0.15) is 0 Å². The fraction of sp³-hybridized carbons (Fsp3) is 0.500. The summed E-state index contributed by atoms with van der Waals surface area (Å²) in [5.74, 6) is 0. The zero-order chi connectivity index (χ0) is 15.4. The normalized spacial score (nSPS) is 18.9. The summed E-state index contributed by atoms with van der Waals surface area (Å²) < 4.78 is 11.4. The van der Waals surface area contributed by atoms with Crippen molar-refractivity contribution in [3.8, 4) is 11.3 Å². The van der Waals surface area contributed by atoms with E-state index in [4.69, 9.17) is 14.5 Å². The van der Waals surface area contributed by atoms with E-state index in [1.807, 2.05) is 32.2 Å². The van der Waals surface area contributed by atoms with Gasteiger partial charge in [0, 0.05) is 36.4 Å². The summed E-state index contributed by atoms with van der Waals surface area (Å²) in [7, 11) is 0. The third-order valence-electron chi connectivity index (χ3n) is 3.47. The summed E-state index contributed by atoms with van der Waals surface area (Å²) in [6.45, 7) is 7.14. The van der Waals surface area contributed by atoms with Crippen LogP contribution in [0.1, 0.15) is 13.8 Å². The van der Waals surface area contributed by atoms with Crippen LogP contribution < -0.4 is 4.90 Å². The summed E-state index contributed by atoms with van der Waals surface area (Å²) in [5, 5.41) is 3.12. The quantitative estimate of drug-likeness (QED) is 0.848. The molecule has 0 N–H and O–H groups in total. The number of hydrogen-bond donors (Lipinski definition) is 0. The number of ether oxygens (including phenoxy) is 2. The van der Waals surface area contributed by atoms with Gasteiger partial charge < -0.3 is 14.4 Å². The van der Waals surface area contributed by atoms with E-state index in [1.54, 1.807) is 17.5 Å². The van der Waals surface area contributed by atoms with Crippen LogP contribution >= 0.6 is 11.3 Å². The summed E-state index contributed by atoms with van der Waals surface area (Å²) in [6.07, 6.45) is 3.97. The molecule has 1 aliphatic rings. The summed E-state index contributed by atoms with van der Waals surface area (Å²) in [4.78, 5) is 11.2. The van der Waals surface area contributed by atoms with Crippen LogP contribution in [0.15, 0.2) is 29.9 Å². The van der Waals surface area contributed by atoms with E-state index in [0.29, 0.717) is 13.2 Å². The van der Waals surface area contributed by atoms with Gasteiger partial charge in [-0.15, -0.1) is 11.3 Å². The largest absolute Gasteiger partial charge is 0.376 e. The maximum absolute atomic E-state index is 5.77. The number of anilines is 1. The monoisotopic (exact) mass is 319 g/mol. The number of aromatic nitrogens is 2. The highest BCUT2D eigenvalue weighted by Crippen LogP contribution is 2.28. The first-order chi connectivity index (χ1) is 10.7. The molecule has 2 aromatic rings.